The normalized spacial score (nSPS) is 17.3. The molecule has 0 radical (unpaired) electrons. The van der Waals surface area contributed by atoms with Gasteiger partial charge in [0.25, 0.3) is 0 Å². The zero-order valence-corrected chi connectivity index (χ0v) is 14.1. The van der Waals surface area contributed by atoms with Crippen molar-refractivity contribution >= 4 is 18.1 Å². The molecular formula is C14H26N4O5. The van der Waals surface area contributed by atoms with Crippen molar-refractivity contribution in [3.63, 3.8) is 0 Å². The molecular weight excluding hydrogens is 304 g/mol. The Kier molecular flexibility index (Phi) is 6.62. The Bertz CT molecular complexity index is 441. The van der Waals surface area contributed by atoms with Crippen LogP contribution >= 0.6 is 0 Å². The first kappa shape index (κ1) is 19.0. The summed E-state index contributed by atoms with van der Waals surface area (Å²) in [6.07, 6.45) is -2.01. The molecule has 0 spiro atoms. The number of alkyl carbamates (subject to hydrolysis) is 1. The van der Waals surface area contributed by atoms with Gasteiger partial charge >= 0.3 is 12.2 Å². The number of piperazine rings is 1. The van der Waals surface area contributed by atoms with Crippen molar-refractivity contribution in [3.8, 4) is 0 Å². The highest BCUT2D eigenvalue weighted by Crippen LogP contribution is 2.07. The molecule has 23 heavy (non-hydrogen) atoms. The van der Waals surface area contributed by atoms with Gasteiger partial charge in [-0.3, -0.25) is 4.79 Å². The lowest BCUT2D eigenvalue weighted by atomic mass is 10.2. The molecule has 0 aromatic rings. The molecule has 0 aromatic heterocycles. The molecule has 0 bridgehead atoms. The Labute approximate surface area is 135 Å². The summed E-state index contributed by atoms with van der Waals surface area (Å²) < 4.78 is 5.08. The van der Waals surface area contributed by atoms with Gasteiger partial charge in [-0.15, -0.1) is 0 Å². The van der Waals surface area contributed by atoms with E-state index in [0.717, 1.165) is 13.1 Å². The molecule has 1 rings (SSSR count). The van der Waals surface area contributed by atoms with Gasteiger partial charge in [-0.1, -0.05) is 0 Å². The summed E-state index contributed by atoms with van der Waals surface area (Å²) >= 11 is 0. The van der Waals surface area contributed by atoms with Crippen LogP contribution in [0.15, 0.2) is 0 Å². The number of carbonyl (C=O) groups is 3. The molecule has 0 aliphatic carbocycles. The van der Waals surface area contributed by atoms with Crippen molar-refractivity contribution in [2.75, 3.05) is 39.8 Å². The van der Waals surface area contributed by atoms with E-state index in [1.165, 1.54) is 0 Å². The van der Waals surface area contributed by atoms with Gasteiger partial charge in [-0.25, -0.2) is 9.59 Å². The van der Waals surface area contributed by atoms with Crippen molar-refractivity contribution < 1.29 is 24.2 Å². The first-order chi connectivity index (χ1) is 10.6. The SMILES string of the molecule is CN1CCN(C(=O)[C@H](CNC(=O)OC(C)(C)C)NC(=O)O)CC1. The average Bonchev–Trinajstić information content (AvgIpc) is 2.41. The second kappa shape index (κ2) is 8.00. The van der Waals surface area contributed by atoms with Crippen LogP contribution in [0.25, 0.3) is 0 Å². The van der Waals surface area contributed by atoms with E-state index in [4.69, 9.17) is 9.84 Å². The quantitative estimate of drug-likeness (QED) is 0.665. The van der Waals surface area contributed by atoms with Gasteiger partial charge in [-0.05, 0) is 27.8 Å². The highest BCUT2D eigenvalue weighted by Gasteiger charge is 2.28. The number of ether oxygens (including phenoxy) is 1. The molecule has 9 heteroatoms. The minimum atomic E-state index is -1.32. The highest BCUT2D eigenvalue weighted by atomic mass is 16.6. The molecule has 0 saturated carbocycles. The molecule has 1 heterocycles. The number of amides is 3. The summed E-state index contributed by atoms with van der Waals surface area (Å²) in [6, 6.07) is -1.04. The van der Waals surface area contributed by atoms with Crippen LogP contribution in [0.1, 0.15) is 20.8 Å². The van der Waals surface area contributed by atoms with Gasteiger partial charge in [0.05, 0.1) is 6.54 Å². The molecule has 0 aromatic carbocycles. The number of nitrogens with one attached hydrogen (secondary N) is 2. The number of carbonyl (C=O) groups excluding carboxylic acids is 2. The Hall–Kier alpha value is -2.03. The molecule has 132 valence electrons. The average molecular weight is 330 g/mol. The summed E-state index contributed by atoms with van der Waals surface area (Å²) in [7, 11) is 1.96. The standard InChI is InChI=1S/C14H26N4O5/c1-14(2,3)23-13(22)15-9-10(16-12(20)21)11(19)18-7-5-17(4)6-8-18/h10,16H,5-9H2,1-4H3,(H,15,22)(H,20,21)/t10-/m0/s1. The number of rotatable bonds is 4. The molecule has 3 N–H and O–H groups in total. The Balaban J connectivity index is 2.59. The molecule has 1 saturated heterocycles. The molecule has 1 atom stereocenters. The molecule has 1 aliphatic heterocycles. The van der Waals surface area contributed by atoms with Gasteiger partial charge in [0, 0.05) is 26.2 Å². The van der Waals surface area contributed by atoms with Crippen LogP contribution in [0.3, 0.4) is 0 Å². The summed E-state index contributed by atoms with van der Waals surface area (Å²) in [5, 5.41) is 13.5. The van der Waals surface area contributed by atoms with Gasteiger partial charge in [0.15, 0.2) is 0 Å². The zero-order chi connectivity index (χ0) is 17.6. The van der Waals surface area contributed by atoms with E-state index in [-0.39, 0.29) is 12.5 Å². The predicted molar refractivity (Wildman–Crippen MR) is 83.3 cm³/mol. The highest BCUT2D eigenvalue weighted by molar-refractivity contribution is 5.86. The Morgan fingerprint density at radius 1 is 1.17 bits per heavy atom. The van der Waals surface area contributed by atoms with E-state index in [1.54, 1.807) is 25.7 Å². The lowest BCUT2D eigenvalue weighted by Gasteiger charge is -2.34. The fourth-order valence-electron chi connectivity index (χ4n) is 2.10. The van der Waals surface area contributed by atoms with Crippen molar-refractivity contribution in [2.45, 2.75) is 32.4 Å². The van der Waals surface area contributed by atoms with Gasteiger partial charge in [0.2, 0.25) is 5.91 Å². The molecule has 0 unspecified atom stereocenters. The number of hydrogen-bond donors (Lipinski definition) is 3. The van der Waals surface area contributed by atoms with Gasteiger partial charge in [-0.2, -0.15) is 0 Å². The smallest absolute Gasteiger partial charge is 0.407 e. The van der Waals surface area contributed by atoms with E-state index in [1.807, 2.05) is 7.05 Å². The topological polar surface area (TPSA) is 111 Å². The minimum Gasteiger partial charge on any atom is -0.465 e. The summed E-state index contributed by atoms with van der Waals surface area (Å²) in [6.45, 7) is 7.50. The second-order valence-electron chi connectivity index (χ2n) is 6.51. The van der Waals surface area contributed by atoms with Crippen molar-refractivity contribution in [1.29, 1.82) is 0 Å². The van der Waals surface area contributed by atoms with Crippen LogP contribution in [0.4, 0.5) is 9.59 Å². The minimum absolute atomic E-state index is 0.160. The van der Waals surface area contributed by atoms with Crippen LogP contribution in [-0.4, -0.2) is 84.4 Å². The third-order valence-electron chi connectivity index (χ3n) is 3.26. The van der Waals surface area contributed by atoms with Crippen molar-refractivity contribution in [2.24, 2.45) is 0 Å². The fourth-order valence-corrected chi connectivity index (χ4v) is 2.10. The first-order valence-corrected chi connectivity index (χ1v) is 7.52. The number of nitrogens with zero attached hydrogens (tertiary/aromatic N) is 2. The molecule has 1 fully saturated rings. The molecule has 9 nitrogen and oxygen atoms in total. The van der Waals surface area contributed by atoms with Gasteiger partial charge in [0.1, 0.15) is 11.6 Å². The van der Waals surface area contributed by atoms with E-state index >= 15 is 0 Å². The number of likely N-dealkylation sites (N-methyl/N-ethyl adjacent to an activating group) is 1. The summed E-state index contributed by atoms with van der Waals surface area (Å²) in [4.78, 5) is 38.6. The first-order valence-electron chi connectivity index (χ1n) is 7.52. The Morgan fingerprint density at radius 2 is 1.74 bits per heavy atom. The summed E-state index contributed by atoms with van der Waals surface area (Å²) in [5.41, 5.74) is -0.665. The maximum absolute atomic E-state index is 12.4. The third kappa shape index (κ3) is 7.18. The number of hydrogen-bond acceptors (Lipinski definition) is 5. The lowest BCUT2D eigenvalue weighted by molar-refractivity contribution is -0.134. The monoisotopic (exact) mass is 330 g/mol. The maximum Gasteiger partial charge on any atom is 0.407 e. The van der Waals surface area contributed by atoms with E-state index in [9.17, 15) is 14.4 Å². The molecule has 1 aliphatic rings. The maximum atomic E-state index is 12.4. The Morgan fingerprint density at radius 3 is 2.22 bits per heavy atom. The fraction of sp³-hybridized carbons (Fsp3) is 0.786. The van der Waals surface area contributed by atoms with Gasteiger partial charge < -0.3 is 30.3 Å². The predicted octanol–water partition coefficient (Wildman–Crippen LogP) is -0.0787. The van der Waals surface area contributed by atoms with Crippen molar-refractivity contribution in [3.05, 3.63) is 0 Å². The van der Waals surface area contributed by atoms with Crippen LogP contribution in [0, 0.1) is 0 Å². The second-order valence-corrected chi connectivity index (χ2v) is 6.51. The zero-order valence-electron chi connectivity index (χ0n) is 14.1. The van der Waals surface area contributed by atoms with Crippen molar-refractivity contribution in [1.82, 2.24) is 20.4 Å². The van der Waals surface area contributed by atoms with E-state index in [0.29, 0.717) is 13.1 Å². The van der Waals surface area contributed by atoms with Crippen LogP contribution in [-0.2, 0) is 9.53 Å². The van der Waals surface area contributed by atoms with E-state index < -0.39 is 23.8 Å². The molecule has 3 amide bonds. The third-order valence-corrected chi connectivity index (χ3v) is 3.26. The summed E-state index contributed by atoms with van der Waals surface area (Å²) in [5.74, 6) is -0.350. The van der Waals surface area contributed by atoms with Crippen LogP contribution in [0.5, 0.6) is 0 Å². The lowest BCUT2D eigenvalue weighted by Crippen LogP contribution is -2.57. The number of carboxylic acid groups (broad SMARTS) is 1. The largest absolute Gasteiger partial charge is 0.465 e. The van der Waals surface area contributed by atoms with Crippen LogP contribution in [0.2, 0.25) is 0 Å². The van der Waals surface area contributed by atoms with Crippen LogP contribution < -0.4 is 10.6 Å². The van der Waals surface area contributed by atoms with E-state index in [2.05, 4.69) is 15.5 Å².